The van der Waals surface area contributed by atoms with E-state index < -0.39 is 0 Å². The molecule has 2 aliphatic heterocycles. The van der Waals surface area contributed by atoms with E-state index in [0.29, 0.717) is 6.10 Å². The van der Waals surface area contributed by atoms with Crippen LogP contribution in [0.15, 0.2) is 54.6 Å². The second-order valence-electron chi connectivity index (χ2n) is 9.93. The van der Waals surface area contributed by atoms with Crippen molar-refractivity contribution < 1.29 is 4.74 Å². The molecule has 5 rings (SSSR count). The second-order valence-corrected chi connectivity index (χ2v) is 11.1. The molecule has 0 aromatic heterocycles. The molecule has 2 heterocycles. The lowest BCUT2D eigenvalue weighted by atomic mass is 10.0. The first-order valence-electron chi connectivity index (χ1n) is 13.0. The molecular weight excluding hydrogens is 408 g/mol. The van der Waals surface area contributed by atoms with Crippen LogP contribution in [0.1, 0.15) is 63.4 Å². The summed E-state index contributed by atoms with van der Waals surface area (Å²) in [5, 5.41) is 1.46. The van der Waals surface area contributed by atoms with Crippen LogP contribution in [0.3, 0.4) is 0 Å². The molecule has 0 spiro atoms. The Balaban J connectivity index is 0.000000300. The van der Waals surface area contributed by atoms with E-state index in [4.69, 9.17) is 4.74 Å². The predicted octanol–water partition coefficient (Wildman–Crippen LogP) is 4.14. The lowest BCUT2D eigenvalue weighted by Gasteiger charge is -2.36. The van der Waals surface area contributed by atoms with Gasteiger partial charge in [-0.1, -0.05) is 66.9 Å². The molecule has 3 aliphatic rings. The van der Waals surface area contributed by atoms with Gasteiger partial charge >= 0.3 is 0 Å². The summed E-state index contributed by atoms with van der Waals surface area (Å²) < 4.78 is 6.27. The van der Waals surface area contributed by atoms with Gasteiger partial charge in [-0.25, -0.2) is 0 Å². The summed E-state index contributed by atoms with van der Waals surface area (Å²) in [4.78, 5) is 5.30. The first-order chi connectivity index (χ1) is 15.8. The largest absolute Gasteiger partial charge is 0.490 e. The van der Waals surface area contributed by atoms with Crippen molar-refractivity contribution >= 4 is 15.4 Å². The van der Waals surface area contributed by atoms with Gasteiger partial charge < -0.3 is 9.64 Å². The van der Waals surface area contributed by atoms with E-state index in [2.05, 4.69) is 58.3 Å². The lowest BCUT2D eigenvalue weighted by molar-refractivity contribution is 0.0768. The highest BCUT2D eigenvalue weighted by Gasteiger charge is 2.27. The minimum absolute atomic E-state index is 0.408. The fourth-order valence-electron chi connectivity index (χ4n) is 5.40. The first kappa shape index (κ1) is 23.5. The van der Waals surface area contributed by atoms with E-state index >= 15 is 0 Å². The average molecular weight is 451 g/mol. The molecule has 0 amide bonds. The van der Waals surface area contributed by atoms with Crippen LogP contribution in [0.5, 0.6) is 5.75 Å². The van der Waals surface area contributed by atoms with Gasteiger partial charge in [-0.05, 0) is 69.3 Å². The topological polar surface area (TPSA) is 15.7 Å². The van der Waals surface area contributed by atoms with Crippen LogP contribution in [-0.4, -0.2) is 58.4 Å². The van der Waals surface area contributed by atoms with Crippen LogP contribution >= 0.6 is 0 Å². The molecule has 2 aromatic carbocycles. The Labute approximate surface area is 198 Å². The van der Waals surface area contributed by atoms with Gasteiger partial charge in [-0.15, -0.1) is 0 Å². The first-order valence-corrected chi connectivity index (χ1v) is 14.0. The number of rotatable bonds is 5. The minimum Gasteiger partial charge on any atom is -0.490 e. The Kier molecular flexibility index (Phi) is 9.25. The summed E-state index contributed by atoms with van der Waals surface area (Å²) in [6.07, 6.45) is 12.6. The van der Waals surface area contributed by atoms with Gasteiger partial charge in [-0.2, -0.15) is 0 Å². The Morgan fingerprint density at radius 1 is 0.719 bits per heavy atom. The van der Waals surface area contributed by atoms with Crippen molar-refractivity contribution in [1.82, 2.24) is 9.80 Å². The molecule has 1 aliphatic carbocycles. The second kappa shape index (κ2) is 12.6. The fraction of sp³-hybridized carbons (Fsp3) is 0.571. The number of likely N-dealkylation sites (tertiary alicyclic amines) is 2. The van der Waals surface area contributed by atoms with Crippen molar-refractivity contribution in [3.63, 3.8) is 0 Å². The van der Waals surface area contributed by atoms with Gasteiger partial charge in [0.2, 0.25) is 0 Å². The molecule has 4 heteroatoms. The fourth-order valence-corrected chi connectivity index (χ4v) is 5.79. The smallest absolute Gasteiger partial charge is 0.119 e. The van der Waals surface area contributed by atoms with E-state index in [1.54, 1.807) is 0 Å². The maximum atomic E-state index is 6.27. The maximum absolute atomic E-state index is 6.27. The summed E-state index contributed by atoms with van der Waals surface area (Å²) in [5.74, 6) is 1.06. The highest BCUT2D eigenvalue weighted by molar-refractivity contribution is 6.32. The zero-order valence-electron chi connectivity index (χ0n) is 20.1. The van der Waals surface area contributed by atoms with Gasteiger partial charge in [-0.3, -0.25) is 4.90 Å². The van der Waals surface area contributed by atoms with E-state index in [0.717, 1.165) is 18.3 Å². The number of benzene rings is 2. The Hall–Kier alpha value is -1.62. The zero-order chi connectivity index (χ0) is 22.0. The zero-order valence-corrected chi connectivity index (χ0v) is 22.1. The lowest BCUT2D eigenvalue weighted by Crippen LogP contribution is -2.43. The summed E-state index contributed by atoms with van der Waals surface area (Å²) >= 11 is 0. The number of hydrogen-bond donors (Lipinski definition) is 0. The Bertz CT molecular complexity index is 762. The van der Waals surface area contributed by atoms with Crippen molar-refractivity contribution in [3.8, 4) is 5.75 Å². The van der Waals surface area contributed by atoms with Crippen LogP contribution in [0, 0.1) is 0 Å². The molecular formula is C28H42N2OSi. The number of ether oxygens (including phenoxy) is 1. The van der Waals surface area contributed by atoms with Gasteiger partial charge in [0.1, 0.15) is 11.9 Å². The summed E-state index contributed by atoms with van der Waals surface area (Å²) in [5.41, 5.74) is 1.42. The predicted molar refractivity (Wildman–Crippen MR) is 139 cm³/mol. The van der Waals surface area contributed by atoms with Crippen LogP contribution < -0.4 is 9.92 Å². The Morgan fingerprint density at radius 3 is 1.97 bits per heavy atom. The van der Waals surface area contributed by atoms with E-state index in [-0.39, 0.29) is 0 Å². The Morgan fingerprint density at radius 2 is 1.38 bits per heavy atom. The number of nitrogens with zero attached hydrogens (tertiary/aromatic N) is 2. The van der Waals surface area contributed by atoms with E-state index in [1.165, 1.54) is 105 Å². The molecule has 174 valence electrons. The van der Waals surface area contributed by atoms with Crippen molar-refractivity contribution in [2.24, 2.45) is 0 Å². The molecule has 2 aromatic rings. The molecule has 0 bridgehead atoms. The third kappa shape index (κ3) is 7.46. The van der Waals surface area contributed by atoms with Crippen LogP contribution in [0.2, 0.25) is 0 Å². The summed E-state index contributed by atoms with van der Waals surface area (Å²) in [7, 11) is 1.17. The SMILES string of the molecule is [SiH3]c1ccccc1.c1cc(OC2CCN(C3CCCC3)CC2)ccc1CN1CCCCC1. The van der Waals surface area contributed by atoms with E-state index in [9.17, 15) is 0 Å². The quantitative estimate of drug-likeness (QED) is 0.637. The van der Waals surface area contributed by atoms with Crippen LogP contribution in [-0.2, 0) is 6.54 Å². The molecule has 0 radical (unpaired) electrons. The highest BCUT2D eigenvalue weighted by Crippen LogP contribution is 2.27. The van der Waals surface area contributed by atoms with Crippen molar-refractivity contribution in [2.45, 2.75) is 76.5 Å². The van der Waals surface area contributed by atoms with Gasteiger partial charge in [0.15, 0.2) is 0 Å². The van der Waals surface area contributed by atoms with Crippen LogP contribution in [0.4, 0.5) is 0 Å². The standard InChI is InChI=1S/C22H34N2O.C6H8Si/c1-4-14-23(15-5-1)18-19-8-10-21(11-9-19)25-22-12-16-24(17-13-22)20-6-2-3-7-20;7-6-4-2-1-3-5-6/h8-11,20,22H,1-7,12-18H2;1-5H,7H3. The minimum atomic E-state index is 0.408. The molecule has 0 N–H and O–H groups in total. The summed E-state index contributed by atoms with van der Waals surface area (Å²) in [6, 6.07) is 20.2. The molecule has 1 saturated carbocycles. The van der Waals surface area contributed by atoms with Crippen LogP contribution in [0.25, 0.3) is 0 Å². The molecule has 3 nitrogen and oxygen atoms in total. The van der Waals surface area contributed by atoms with E-state index in [1.807, 2.05) is 6.07 Å². The maximum Gasteiger partial charge on any atom is 0.119 e. The molecule has 3 fully saturated rings. The molecule has 32 heavy (non-hydrogen) atoms. The highest BCUT2D eigenvalue weighted by atomic mass is 28.1. The third-order valence-corrected chi connectivity index (χ3v) is 8.01. The molecule has 2 saturated heterocycles. The summed E-state index contributed by atoms with van der Waals surface area (Å²) in [6.45, 7) is 6.07. The van der Waals surface area contributed by atoms with Gasteiger partial charge in [0.05, 0.1) is 0 Å². The number of piperidine rings is 2. The number of hydrogen-bond acceptors (Lipinski definition) is 3. The van der Waals surface area contributed by atoms with Crippen molar-refractivity contribution in [3.05, 3.63) is 60.2 Å². The van der Waals surface area contributed by atoms with Gasteiger partial charge in [0.25, 0.3) is 0 Å². The third-order valence-electron chi connectivity index (χ3n) is 7.34. The van der Waals surface area contributed by atoms with Crippen molar-refractivity contribution in [1.29, 1.82) is 0 Å². The average Bonchev–Trinajstić information content (AvgIpc) is 3.38. The molecule has 0 unspecified atom stereocenters. The molecule has 0 atom stereocenters. The van der Waals surface area contributed by atoms with Gasteiger partial charge in [0, 0.05) is 35.9 Å². The van der Waals surface area contributed by atoms with Crippen molar-refractivity contribution in [2.75, 3.05) is 26.2 Å². The normalized spacial score (nSPS) is 21.2. The monoisotopic (exact) mass is 450 g/mol.